The molecule has 0 bridgehead atoms. The largest absolute Gasteiger partial charge is 0.478 e. The average Bonchev–Trinajstić information content (AvgIpc) is 3.34. The normalized spacial score (nSPS) is 11.2. The molecule has 156 valence electrons. The number of carbonyl (C=O) groups is 1. The maximum atomic E-state index is 13.4. The van der Waals surface area contributed by atoms with Crippen LogP contribution in [-0.2, 0) is 16.6 Å². The highest BCUT2D eigenvalue weighted by atomic mass is 32.2. The van der Waals surface area contributed by atoms with Crippen LogP contribution in [0.2, 0.25) is 0 Å². The van der Waals surface area contributed by atoms with E-state index in [4.69, 9.17) is 0 Å². The number of aromatic nitrogens is 1. The Morgan fingerprint density at radius 3 is 2.10 bits per heavy atom. The van der Waals surface area contributed by atoms with Gasteiger partial charge in [-0.3, -0.25) is 0 Å². The zero-order valence-electron chi connectivity index (χ0n) is 16.5. The van der Waals surface area contributed by atoms with E-state index in [2.05, 4.69) is 5.32 Å². The fraction of sp³-hybridized carbons (Fsp3) is 0.0417. The molecule has 0 saturated carbocycles. The lowest BCUT2D eigenvalue weighted by atomic mass is 10.0. The number of hydrogen-bond donors (Lipinski definition) is 2. The Hall–Kier alpha value is -3.84. The molecule has 4 aromatic rings. The second kappa shape index (κ2) is 8.49. The Bertz CT molecular complexity index is 1300. The van der Waals surface area contributed by atoms with Gasteiger partial charge >= 0.3 is 5.97 Å². The van der Waals surface area contributed by atoms with Crippen molar-refractivity contribution in [2.24, 2.45) is 0 Å². The summed E-state index contributed by atoms with van der Waals surface area (Å²) < 4.78 is 27.9. The summed E-state index contributed by atoms with van der Waals surface area (Å²) in [6, 6.07) is 24.6. The van der Waals surface area contributed by atoms with E-state index in [1.165, 1.54) is 24.5 Å². The molecule has 0 aliphatic rings. The van der Waals surface area contributed by atoms with Crippen LogP contribution in [0.25, 0.3) is 11.1 Å². The molecule has 2 N–H and O–H groups in total. The molecule has 31 heavy (non-hydrogen) atoms. The van der Waals surface area contributed by atoms with Gasteiger partial charge < -0.3 is 10.4 Å². The van der Waals surface area contributed by atoms with Crippen molar-refractivity contribution >= 4 is 21.7 Å². The highest BCUT2D eigenvalue weighted by Crippen LogP contribution is 2.37. The molecule has 1 aromatic heterocycles. The number of aromatic carboxylic acids is 1. The standard InChI is InChI=1S/C24H20N2O4S/c27-24(28)20-15-21(25-17-18-9-3-1-4-10-18)23(19-11-5-2-6-12-19)22(16-20)31(29,30)26-13-7-8-14-26/h1-16,25H,17H2,(H,27,28). The Labute approximate surface area is 180 Å². The average molecular weight is 433 g/mol. The molecule has 7 heteroatoms. The van der Waals surface area contributed by atoms with Crippen LogP contribution in [0.3, 0.4) is 0 Å². The first-order valence-electron chi connectivity index (χ1n) is 9.60. The third-order valence-electron chi connectivity index (χ3n) is 4.87. The maximum Gasteiger partial charge on any atom is 0.335 e. The minimum absolute atomic E-state index is 0.0784. The zero-order chi connectivity index (χ0) is 21.8. The van der Waals surface area contributed by atoms with Crippen molar-refractivity contribution in [2.75, 3.05) is 5.32 Å². The van der Waals surface area contributed by atoms with Gasteiger partial charge in [-0.1, -0.05) is 60.7 Å². The predicted molar refractivity (Wildman–Crippen MR) is 120 cm³/mol. The summed E-state index contributed by atoms with van der Waals surface area (Å²) >= 11 is 0. The fourth-order valence-electron chi connectivity index (χ4n) is 3.37. The molecule has 0 unspecified atom stereocenters. The van der Waals surface area contributed by atoms with E-state index < -0.39 is 16.0 Å². The molecule has 3 aromatic carbocycles. The first kappa shape index (κ1) is 20.4. The number of benzene rings is 3. The van der Waals surface area contributed by atoms with Crippen molar-refractivity contribution in [3.8, 4) is 11.1 Å². The molecule has 0 amide bonds. The Kier molecular flexibility index (Phi) is 5.60. The topological polar surface area (TPSA) is 88.4 Å². The Balaban J connectivity index is 1.94. The number of nitrogens with zero attached hydrogens (tertiary/aromatic N) is 1. The number of carboxylic acids is 1. The summed E-state index contributed by atoms with van der Waals surface area (Å²) in [7, 11) is -4.02. The summed E-state index contributed by atoms with van der Waals surface area (Å²) in [5.74, 6) is -1.20. The molecule has 6 nitrogen and oxygen atoms in total. The fourth-order valence-corrected chi connectivity index (χ4v) is 4.82. The Morgan fingerprint density at radius 1 is 0.871 bits per heavy atom. The Morgan fingerprint density at radius 2 is 1.48 bits per heavy atom. The van der Waals surface area contributed by atoms with Gasteiger partial charge in [0.2, 0.25) is 0 Å². The van der Waals surface area contributed by atoms with Gasteiger partial charge in [0.1, 0.15) is 0 Å². The molecule has 0 aliphatic carbocycles. The van der Waals surface area contributed by atoms with Crippen molar-refractivity contribution in [3.63, 3.8) is 0 Å². The summed E-state index contributed by atoms with van der Waals surface area (Å²) in [5.41, 5.74) is 2.40. The highest BCUT2D eigenvalue weighted by molar-refractivity contribution is 7.90. The lowest BCUT2D eigenvalue weighted by Crippen LogP contribution is -2.15. The number of hydrogen-bond acceptors (Lipinski definition) is 4. The SMILES string of the molecule is O=C(O)c1cc(NCc2ccccc2)c(-c2ccccc2)c(S(=O)(=O)n2cccc2)c1. The molecule has 0 saturated heterocycles. The van der Waals surface area contributed by atoms with Gasteiger partial charge in [0, 0.05) is 30.2 Å². The van der Waals surface area contributed by atoms with Crippen LogP contribution in [-0.4, -0.2) is 23.5 Å². The smallest absolute Gasteiger partial charge is 0.335 e. The van der Waals surface area contributed by atoms with E-state index in [0.717, 1.165) is 9.54 Å². The van der Waals surface area contributed by atoms with Crippen LogP contribution in [0.5, 0.6) is 0 Å². The van der Waals surface area contributed by atoms with Gasteiger partial charge in [-0.2, -0.15) is 0 Å². The van der Waals surface area contributed by atoms with Crippen LogP contribution in [0.15, 0.2) is 102 Å². The molecule has 0 aliphatic heterocycles. The number of nitrogens with one attached hydrogen (secondary N) is 1. The van der Waals surface area contributed by atoms with E-state index >= 15 is 0 Å². The van der Waals surface area contributed by atoms with Crippen molar-refractivity contribution < 1.29 is 18.3 Å². The van der Waals surface area contributed by atoms with Crippen LogP contribution in [0, 0.1) is 0 Å². The summed E-state index contributed by atoms with van der Waals surface area (Å²) in [5, 5.41) is 12.9. The van der Waals surface area contributed by atoms with Gasteiger partial charge in [-0.25, -0.2) is 17.2 Å². The quantitative estimate of drug-likeness (QED) is 0.442. The van der Waals surface area contributed by atoms with Crippen molar-refractivity contribution in [1.29, 1.82) is 0 Å². The molecule has 0 radical (unpaired) electrons. The predicted octanol–water partition coefficient (Wildman–Crippen LogP) is 4.70. The van der Waals surface area contributed by atoms with E-state index in [-0.39, 0.29) is 10.5 Å². The number of anilines is 1. The second-order valence-electron chi connectivity index (χ2n) is 6.93. The summed E-state index contributed by atoms with van der Waals surface area (Å²) in [6.45, 7) is 0.409. The number of carboxylic acid groups (broad SMARTS) is 1. The molecule has 0 spiro atoms. The molecule has 0 fully saturated rings. The highest BCUT2D eigenvalue weighted by Gasteiger charge is 2.26. The van der Waals surface area contributed by atoms with Gasteiger partial charge in [-0.15, -0.1) is 0 Å². The molecule has 4 rings (SSSR count). The molecule has 1 heterocycles. The first-order valence-corrected chi connectivity index (χ1v) is 11.0. The zero-order valence-corrected chi connectivity index (χ0v) is 17.3. The van der Waals surface area contributed by atoms with Gasteiger partial charge in [-0.05, 0) is 35.4 Å². The summed E-state index contributed by atoms with van der Waals surface area (Å²) in [6.07, 6.45) is 2.85. The van der Waals surface area contributed by atoms with Crippen LogP contribution >= 0.6 is 0 Å². The third-order valence-corrected chi connectivity index (χ3v) is 6.55. The molecular weight excluding hydrogens is 412 g/mol. The molecule has 0 atom stereocenters. The van der Waals surface area contributed by atoms with Crippen molar-refractivity contribution in [2.45, 2.75) is 11.4 Å². The monoisotopic (exact) mass is 432 g/mol. The van der Waals surface area contributed by atoms with Crippen LogP contribution in [0.1, 0.15) is 15.9 Å². The minimum atomic E-state index is -4.02. The second-order valence-corrected chi connectivity index (χ2v) is 8.74. The van der Waals surface area contributed by atoms with Gasteiger partial charge in [0.25, 0.3) is 10.0 Å². The van der Waals surface area contributed by atoms with E-state index in [9.17, 15) is 18.3 Å². The minimum Gasteiger partial charge on any atom is -0.478 e. The van der Waals surface area contributed by atoms with Crippen molar-refractivity contribution in [3.05, 3.63) is 108 Å². The van der Waals surface area contributed by atoms with Gasteiger partial charge in [0.15, 0.2) is 0 Å². The first-order chi connectivity index (χ1) is 15.0. The van der Waals surface area contributed by atoms with Crippen molar-refractivity contribution in [1.82, 2.24) is 3.97 Å². The van der Waals surface area contributed by atoms with E-state index in [0.29, 0.717) is 23.4 Å². The van der Waals surface area contributed by atoms with Crippen LogP contribution < -0.4 is 5.32 Å². The third kappa shape index (κ3) is 4.22. The molecular formula is C24H20N2O4S. The van der Waals surface area contributed by atoms with E-state index in [1.807, 2.05) is 48.5 Å². The summed E-state index contributed by atoms with van der Waals surface area (Å²) in [4.78, 5) is 11.7. The lowest BCUT2D eigenvalue weighted by Gasteiger charge is -2.19. The maximum absolute atomic E-state index is 13.4. The van der Waals surface area contributed by atoms with E-state index in [1.54, 1.807) is 24.3 Å². The lowest BCUT2D eigenvalue weighted by molar-refractivity contribution is 0.0696. The van der Waals surface area contributed by atoms with Crippen LogP contribution in [0.4, 0.5) is 5.69 Å². The van der Waals surface area contributed by atoms with Gasteiger partial charge in [0.05, 0.1) is 10.5 Å². The number of rotatable bonds is 7.